The van der Waals surface area contributed by atoms with Gasteiger partial charge in [-0.25, -0.2) is 4.79 Å². The van der Waals surface area contributed by atoms with E-state index in [0.717, 1.165) is 42.4 Å². The van der Waals surface area contributed by atoms with E-state index in [9.17, 15) is 4.79 Å². The summed E-state index contributed by atoms with van der Waals surface area (Å²) in [5, 5.41) is 5.76. The van der Waals surface area contributed by atoms with Crippen LogP contribution < -0.4 is 15.5 Å². The highest BCUT2D eigenvalue weighted by Crippen LogP contribution is 2.19. The summed E-state index contributed by atoms with van der Waals surface area (Å²) < 4.78 is 5.38. The average molecular weight is 357 g/mol. The van der Waals surface area contributed by atoms with Crippen molar-refractivity contribution in [3.63, 3.8) is 0 Å². The maximum absolute atomic E-state index is 12.0. The van der Waals surface area contributed by atoms with E-state index in [2.05, 4.69) is 39.8 Å². The number of nitrogens with zero attached hydrogens (tertiary/aromatic N) is 1. The Kier molecular flexibility index (Phi) is 6.19. The van der Waals surface area contributed by atoms with Crippen LogP contribution in [0.1, 0.15) is 5.56 Å². The first-order valence-electron chi connectivity index (χ1n) is 8.35. The molecular weight excluding hydrogens is 334 g/mol. The van der Waals surface area contributed by atoms with E-state index in [-0.39, 0.29) is 6.03 Å². The topological polar surface area (TPSA) is 53.6 Å². The number of urea groups is 1. The lowest BCUT2D eigenvalue weighted by atomic mass is 10.2. The number of amides is 2. The first-order chi connectivity index (χ1) is 12.2. The maximum Gasteiger partial charge on any atom is 0.319 e. The molecule has 2 N–H and O–H groups in total. The van der Waals surface area contributed by atoms with Crippen molar-refractivity contribution in [2.45, 2.75) is 11.4 Å². The number of thioether (sulfide) groups is 1. The second-order valence-electron chi connectivity index (χ2n) is 5.81. The van der Waals surface area contributed by atoms with Gasteiger partial charge in [0.15, 0.2) is 0 Å². The second kappa shape index (κ2) is 8.78. The zero-order valence-electron chi connectivity index (χ0n) is 14.3. The number of hydrogen-bond acceptors (Lipinski definition) is 4. The number of morpholine rings is 1. The number of hydrogen-bond donors (Lipinski definition) is 2. The van der Waals surface area contributed by atoms with Gasteiger partial charge in [0.1, 0.15) is 0 Å². The highest BCUT2D eigenvalue weighted by Gasteiger charge is 2.10. The molecule has 2 aromatic rings. The molecule has 3 rings (SSSR count). The predicted octanol–water partition coefficient (Wildman–Crippen LogP) is 3.57. The third-order valence-electron chi connectivity index (χ3n) is 4.09. The van der Waals surface area contributed by atoms with Crippen LogP contribution in [0.5, 0.6) is 0 Å². The van der Waals surface area contributed by atoms with Crippen LogP contribution in [0.15, 0.2) is 53.4 Å². The third kappa shape index (κ3) is 5.14. The van der Waals surface area contributed by atoms with E-state index in [1.54, 1.807) is 11.8 Å². The molecule has 0 radical (unpaired) electrons. The van der Waals surface area contributed by atoms with Gasteiger partial charge >= 0.3 is 6.03 Å². The number of rotatable bonds is 5. The second-order valence-corrected chi connectivity index (χ2v) is 6.69. The summed E-state index contributed by atoms with van der Waals surface area (Å²) in [6.07, 6.45) is 2.01. The summed E-state index contributed by atoms with van der Waals surface area (Å²) in [5.74, 6) is 0. The zero-order valence-corrected chi connectivity index (χ0v) is 15.1. The van der Waals surface area contributed by atoms with Crippen LogP contribution in [-0.2, 0) is 11.3 Å². The Morgan fingerprint density at radius 3 is 2.64 bits per heavy atom. The SMILES string of the molecule is CSc1cccc(NC(=O)NCc2ccc(N3CCOCC3)cc2)c1. The molecule has 1 aliphatic rings. The Labute approximate surface area is 152 Å². The highest BCUT2D eigenvalue weighted by molar-refractivity contribution is 7.98. The minimum atomic E-state index is -0.199. The predicted molar refractivity (Wildman–Crippen MR) is 104 cm³/mol. The molecule has 0 bridgehead atoms. The summed E-state index contributed by atoms with van der Waals surface area (Å²) in [6.45, 7) is 3.91. The van der Waals surface area contributed by atoms with Gasteiger partial charge in [0.05, 0.1) is 13.2 Å². The minimum absolute atomic E-state index is 0.199. The molecule has 2 aromatic carbocycles. The van der Waals surface area contributed by atoms with E-state index >= 15 is 0 Å². The van der Waals surface area contributed by atoms with Crippen LogP contribution in [0.25, 0.3) is 0 Å². The number of anilines is 2. The van der Waals surface area contributed by atoms with Gasteiger partial charge in [-0.3, -0.25) is 0 Å². The van der Waals surface area contributed by atoms with Gasteiger partial charge in [0.2, 0.25) is 0 Å². The molecule has 0 unspecified atom stereocenters. The van der Waals surface area contributed by atoms with Gasteiger partial charge in [-0.15, -0.1) is 11.8 Å². The lowest BCUT2D eigenvalue weighted by molar-refractivity contribution is 0.122. The van der Waals surface area contributed by atoms with Crippen LogP contribution >= 0.6 is 11.8 Å². The van der Waals surface area contributed by atoms with Crippen molar-refractivity contribution in [3.8, 4) is 0 Å². The maximum atomic E-state index is 12.0. The normalized spacial score (nSPS) is 14.2. The molecule has 1 heterocycles. The van der Waals surface area contributed by atoms with E-state index < -0.39 is 0 Å². The van der Waals surface area contributed by atoms with Crippen LogP contribution in [-0.4, -0.2) is 38.6 Å². The summed E-state index contributed by atoms with van der Waals surface area (Å²) in [4.78, 5) is 15.5. The molecule has 0 aliphatic carbocycles. The highest BCUT2D eigenvalue weighted by atomic mass is 32.2. The fourth-order valence-corrected chi connectivity index (χ4v) is 3.16. The largest absolute Gasteiger partial charge is 0.378 e. The van der Waals surface area contributed by atoms with Gasteiger partial charge in [-0.1, -0.05) is 18.2 Å². The molecule has 25 heavy (non-hydrogen) atoms. The zero-order chi connectivity index (χ0) is 17.5. The Morgan fingerprint density at radius 1 is 1.16 bits per heavy atom. The molecule has 0 spiro atoms. The van der Waals surface area contributed by atoms with Crippen molar-refractivity contribution in [2.24, 2.45) is 0 Å². The molecule has 6 heteroatoms. The van der Waals surface area contributed by atoms with E-state index in [1.807, 2.05) is 30.5 Å². The van der Waals surface area contributed by atoms with E-state index in [0.29, 0.717) is 6.54 Å². The molecule has 132 valence electrons. The molecular formula is C19H23N3O2S. The van der Waals surface area contributed by atoms with Gasteiger partial charge in [-0.05, 0) is 42.2 Å². The molecule has 1 fully saturated rings. The molecule has 0 saturated carbocycles. The van der Waals surface area contributed by atoms with Crippen LogP contribution in [0.4, 0.5) is 16.2 Å². The Hall–Kier alpha value is -2.18. The van der Waals surface area contributed by atoms with Crippen LogP contribution in [0, 0.1) is 0 Å². The fourth-order valence-electron chi connectivity index (χ4n) is 2.70. The number of carbonyl (C=O) groups is 1. The summed E-state index contributed by atoms with van der Waals surface area (Å²) in [5.41, 5.74) is 3.07. The van der Waals surface area contributed by atoms with Gasteiger partial charge in [0.25, 0.3) is 0 Å². The lowest BCUT2D eigenvalue weighted by Gasteiger charge is -2.28. The number of ether oxygens (including phenoxy) is 1. The number of nitrogens with one attached hydrogen (secondary N) is 2. The summed E-state index contributed by atoms with van der Waals surface area (Å²) in [7, 11) is 0. The summed E-state index contributed by atoms with van der Waals surface area (Å²) in [6, 6.07) is 15.9. The average Bonchev–Trinajstić information content (AvgIpc) is 2.67. The molecule has 0 atom stereocenters. The number of carbonyl (C=O) groups excluding carboxylic acids is 1. The van der Waals surface area contributed by atoms with Gasteiger partial charge < -0.3 is 20.3 Å². The third-order valence-corrected chi connectivity index (χ3v) is 4.82. The van der Waals surface area contributed by atoms with Gasteiger partial charge in [0, 0.05) is 35.9 Å². The van der Waals surface area contributed by atoms with Crippen molar-refractivity contribution >= 4 is 29.2 Å². The Morgan fingerprint density at radius 2 is 1.92 bits per heavy atom. The first-order valence-corrected chi connectivity index (χ1v) is 9.57. The van der Waals surface area contributed by atoms with E-state index in [1.165, 1.54) is 5.69 Å². The van der Waals surface area contributed by atoms with Crippen molar-refractivity contribution in [3.05, 3.63) is 54.1 Å². The van der Waals surface area contributed by atoms with E-state index in [4.69, 9.17) is 4.74 Å². The van der Waals surface area contributed by atoms with Crippen LogP contribution in [0.3, 0.4) is 0 Å². The molecule has 5 nitrogen and oxygen atoms in total. The fraction of sp³-hybridized carbons (Fsp3) is 0.316. The standard InChI is InChI=1S/C19H23N3O2S/c1-25-18-4-2-3-16(13-18)21-19(23)20-14-15-5-7-17(8-6-15)22-9-11-24-12-10-22/h2-8,13H,9-12,14H2,1H3,(H2,20,21,23). The lowest BCUT2D eigenvalue weighted by Crippen LogP contribution is -2.36. The van der Waals surface area contributed by atoms with Crippen LogP contribution in [0.2, 0.25) is 0 Å². The van der Waals surface area contributed by atoms with Crippen molar-refractivity contribution < 1.29 is 9.53 Å². The van der Waals surface area contributed by atoms with Crippen molar-refractivity contribution in [2.75, 3.05) is 42.8 Å². The quantitative estimate of drug-likeness (QED) is 0.804. The molecule has 2 amide bonds. The monoisotopic (exact) mass is 357 g/mol. The van der Waals surface area contributed by atoms with Crippen molar-refractivity contribution in [1.29, 1.82) is 0 Å². The smallest absolute Gasteiger partial charge is 0.319 e. The molecule has 0 aromatic heterocycles. The Bertz CT molecular complexity index is 700. The summed E-state index contributed by atoms with van der Waals surface area (Å²) >= 11 is 1.65. The minimum Gasteiger partial charge on any atom is -0.378 e. The first kappa shape index (κ1) is 17.6. The Balaban J connectivity index is 1.49. The number of benzene rings is 2. The van der Waals surface area contributed by atoms with Gasteiger partial charge in [-0.2, -0.15) is 0 Å². The van der Waals surface area contributed by atoms with Crippen molar-refractivity contribution in [1.82, 2.24) is 5.32 Å². The molecule has 1 aliphatic heterocycles. The molecule has 1 saturated heterocycles.